The molecule has 0 aliphatic carbocycles. The topological polar surface area (TPSA) is 108 Å². The molecule has 196 valence electrons. The quantitative estimate of drug-likeness (QED) is 0.344. The number of imidazole rings is 1. The lowest BCUT2D eigenvalue weighted by Gasteiger charge is -2.26. The predicted molar refractivity (Wildman–Crippen MR) is 148 cm³/mol. The summed E-state index contributed by atoms with van der Waals surface area (Å²) in [5.74, 6) is 6.17. The monoisotopic (exact) mass is 569 g/mol. The van der Waals surface area contributed by atoms with Crippen LogP contribution in [0.5, 0.6) is 0 Å². The minimum Gasteiger partial charge on any atom is -0.296 e. The number of nitriles is 1. The van der Waals surface area contributed by atoms with Crippen LogP contribution < -0.4 is 5.43 Å². The van der Waals surface area contributed by atoms with Gasteiger partial charge in [-0.25, -0.2) is 18.4 Å². The Morgan fingerprint density at radius 3 is 2.47 bits per heavy atom. The molecule has 1 amide bonds. The van der Waals surface area contributed by atoms with Crippen LogP contribution in [0.3, 0.4) is 0 Å². The van der Waals surface area contributed by atoms with Gasteiger partial charge in [0.2, 0.25) is 0 Å². The van der Waals surface area contributed by atoms with Gasteiger partial charge in [0.05, 0.1) is 28.3 Å². The van der Waals surface area contributed by atoms with E-state index in [0.717, 1.165) is 17.7 Å². The van der Waals surface area contributed by atoms with E-state index in [9.17, 15) is 13.2 Å². The van der Waals surface area contributed by atoms with Crippen molar-refractivity contribution < 1.29 is 13.2 Å². The SMILES string of the molecule is Cc1c(C(=O)NN2CCS(=O)(=O)CC2)nc(-c2ccc(Cl)cc2Cl)n1-c1ccc(C#CCCCC#N)cc1. The first-order chi connectivity index (χ1) is 18.2. The number of halogens is 2. The van der Waals surface area contributed by atoms with Crippen molar-refractivity contribution in [1.29, 1.82) is 5.26 Å². The van der Waals surface area contributed by atoms with Gasteiger partial charge in [0.25, 0.3) is 5.91 Å². The van der Waals surface area contributed by atoms with E-state index >= 15 is 0 Å². The number of rotatable bonds is 6. The van der Waals surface area contributed by atoms with Gasteiger partial charge in [-0.1, -0.05) is 35.0 Å². The molecular formula is C27H25Cl2N5O3S. The molecule has 8 nitrogen and oxygen atoms in total. The standard InChI is InChI=1S/C27H25Cl2N5O3S/c1-19-25(27(35)32-33-14-16-38(36,37)17-15-33)31-26(23-12-9-21(28)18-24(23)29)34(19)22-10-7-20(8-11-22)6-4-2-3-5-13-30/h7-12,18H,2-3,5,14-17H2,1H3,(H,32,35). The average Bonchev–Trinajstić information content (AvgIpc) is 3.22. The normalized spacial score (nSPS) is 14.8. The predicted octanol–water partition coefficient (Wildman–Crippen LogP) is 4.58. The molecule has 1 saturated heterocycles. The molecule has 4 rings (SSSR count). The zero-order valence-corrected chi connectivity index (χ0v) is 23.0. The van der Waals surface area contributed by atoms with Crippen molar-refractivity contribution in [3.8, 4) is 35.0 Å². The number of unbranched alkanes of at least 4 members (excludes halogenated alkanes) is 2. The molecule has 0 atom stereocenters. The third kappa shape index (κ3) is 6.56. The van der Waals surface area contributed by atoms with Crippen LogP contribution in [-0.4, -0.2) is 53.5 Å². The van der Waals surface area contributed by atoms with Crippen molar-refractivity contribution in [3.63, 3.8) is 0 Å². The van der Waals surface area contributed by atoms with Gasteiger partial charge in [-0.2, -0.15) is 5.26 Å². The van der Waals surface area contributed by atoms with Gasteiger partial charge < -0.3 is 0 Å². The number of hydrazine groups is 1. The minimum absolute atomic E-state index is 0.0140. The largest absolute Gasteiger partial charge is 0.296 e. The molecular weight excluding hydrogens is 545 g/mol. The first-order valence-electron chi connectivity index (χ1n) is 12.0. The Hall–Kier alpha value is -3.34. The number of nitrogens with one attached hydrogen (secondary N) is 1. The zero-order valence-electron chi connectivity index (χ0n) is 20.7. The fourth-order valence-corrected chi connectivity index (χ4v) is 5.71. The van der Waals surface area contributed by atoms with E-state index in [0.29, 0.717) is 40.0 Å². The van der Waals surface area contributed by atoms with Crippen LogP contribution >= 0.6 is 23.2 Å². The molecule has 38 heavy (non-hydrogen) atoms. The third-order valence-electron chi connectivity index (χ3n) is 6.05. The van der Waals surface area contributed by atoms with Gasteiger partial charge in [0.1, 0.15) is 5.82 Å². The summed E-state index contributed by atoms with van der Waals surface area (Å²) in [5.41, 5.74) is 5.76. The van der Waals surface area contributed by atoms with E-state index in [1.165, 1.54) is 0 Å². The summed E-state index contributed by atoms with van der Waals surface area (Å²) in [7, 11) is -3.08. The first-order valence-corrected chi connectivity index (χ1v) is 14.5. The van der Waals surface area contributed by atoms with Crippen molar-refractivity contribution >= 4 is 38.9 Å². The minimum atomic E-state index is -3.08. The molecule has 0 bridgehead atoms. The van der Waals surface area contributed by atoms with Crippen molar-refractivity contribution in [2.24, 2.45) is 0 Å². The van der Waals surface area contributed by atoms with Crippen molar-refractivity contribution in [3.05, 3.63) is 69.5 Å². The van der Waals surface area contributed by atoms with Crippen LogP contribution in [-0.2, 0) is 9.84 Å². The first kappa shape index (κ1) is 27.7. The number of carbonyl (C=O) groups is 1. The van der Waals surface area contributed by atoms with Gasteiger partial charge in [-0.15, -0.1) is 0 Å². The second kappa shape index (κ2) is 12.0. The molecule has 0 spiro atoms. The number of hydrogen-bond acceptors (Lipinski definition) is 6. The van der Waals surface area contributed by atoms with Gasteiger partial charge in [-0.05, 0) is 55.8 Å². The summed E-state index contributed by atoms with van der Waals surface area (Å²) in [5, 5.41) is 11.1. The molecule has 1 aliphatic rings. The summed E-state index contributed by atoms with van der Waals surface area (Å²) in [6, 6.07) is 14.7. The molecule has 11 heteroatoms. The van der Waals surface area contributed by atoms with Crippen LogP contribution in [0, 0.1) is 30.1 Å². The van der Waals surface area contributed by atoms with Crippen molar-refractivity contribution in [2.45, 2.75) is 26.2 Å². The highest BCUT2D eigenvalue weighted by Gasteiger charge is 2.27. The fourth-order valence-electron chi connectivity index (χ4n) is 4.02. The maximum absolute atomic E-state index is 13.2. The highest BCUT2D eigenvalue weighted by molar-refractivity contribution is 7.91. The molecule has 0 unspecified atom stereocenters. The molecule has 3 aromatic rings. The average molecular weight is 571 g/mol. The van der Waals surface area contributed by atoms with E-state index in [4.69, 9.17) is 28.5 Å². The van der Waals surface area contributed by atoms with Crippen LogP contribution in [0.1, 0.15) is 41.0 Å². The van der Waals surface area contributed by atoms with Crippen molar-refractivity contribution in [2.75, 3.05) is 24.6 Å². The van der Waals surface area contributed by atoms with E-state index in [1.807, 2.05) is 28.8 Å². The number of amides is 1. The van der Waals surface area contributed by atoms with Gasteiger partial charge in [-0.3, -0.25) is 14.8 Å². The molecule has 2 heterocycles. The maximum atomic E-state index is 13.2. The van der Waals surface area contributed by atoms with Gasteiger partial charge >= 0.3 is 0 Å². The molecule has 1 aromatic heterocycles. The highest BCUT2D eigenvalue weighted by atomic mass is 35.5. The number of benzene rings is 2. The Labute approximate surface area is 232 Å². The Balaban J connectivity index is 1.68. The third-order valence-corrected chi connectivity index (χ3v) is 8.20. The van der Waals surface area contributed by atoms with Crippen LogP contribution in [0.25, 0.3) is 17.1 Å². The molecule has 2 aromatic carbocycles. The van der Waals surface area contributed by atoms with Crippen LogP contribution in [0.4, 0.5) is 0 Å². The molecule has 0 radical (unpaired) electrons. The van der Waals surface area contributed by atoms with E-state index in [1.54, 1.807) is 30.1 Å². The Bertz CT molecular complexity index is 1550. The number of sulfone groups is 1. The lowest BCUT2D eigenvalue weighted by Crippen LogP contribution is -2.50. The summed E-state index contributed by atoms with van der Waals surface area (Å²) in [4.78, 5) is 17.9. The Morgan fingerprint density at radius 1 is 1.11 bits per heavy atom. The van der Waals surface area contributed by atoms with E-state index < -0.39 is 15.7 Å². The molecule has 1 N–H and O–H groups in total. The van der Waals surface area contributed by atoms with E-state index in [2.05, 4.69) is 28.3 Å². The van der Waals surface area contributed by atoms with Gasteiger partial charge in [0.15, 0.2) is 15.5 Å². The summed E-state index contributed by atoms with van der Waals surface area (Å²) >= 11 is 12.6. The molecule has 1 fully saturated rings. The lowest BCUT2D eigenvalue weighted by molar-refractivity contribution is 0.0796. The summed E-state index contributed by atoms with van der Waals surface area (Å²) < 4.78 is 25.3. The number of nitrogens with zero attached hydrogens (tertiary/aromatic N) is 4. The van der Waals surface area contributed by atoms with Crippen LogP contribution in [0.2, 0.25) is 10.0 Å². The lowest BCUT2D eigenvalue weighted by atomic mass is 10.1. The highest BCUT2D eigenvalue weighted by Crippen LogP contribution is 2.33. The van der Waals surface area contributed by atoms with Crippen LogP contribution in [0.15, 0.2) is 42.5 Å². The summed E-state index contributed by atoms with van der Waals surface area (Å²) in [6.07, 6.45) is 1.87. The molecule has 1 aliphatic heterocycles. The fraction of sp³-hybridized carbons (Fsp3) is 0.296. The van der Waals surface area contributed by atoms with Gasteiger partial charge in [0, 0.05) is 47.8 Å². The molecule has 0 saturated carbocycles. The summed E-state index contributed by atoms with van der Waals surface area (Å²) in [6.45, 7) is 2.21. The maximum Gasteiger partial charge on any atom is 0.286 e. The zero-order chi connectivity index (χ0) is 27.3. The second-order valence-electron chi connectivity index (χ2n) is 8.77. The Kier molecular flexibility index (Phi) is 8.76. The number of aromatic nitrogens is 2. The van der Waals surface area contributed by atoms with E-state index in [-0.39, 0.29) is 30.3 Å². The van der Waals surface area contributed by atoms with Crippen molar-refractivity contribution in [1.82, 2.24) is 20.0 Å². The second-order valence-corrected chi connectivity index (χ2v) is 11.9. The number of hydrogen-bond donors (Lipinski definition) is 1. The Morgan fingerprint density at radius 2 is 1.82 bits per heavy atom. The smallest absolute Gasteiger partial charge is 0.286 e. The number of carbonyl (C=O) groups excluding carboxylic acids is 1.